The third-order valence-corrected chi connectivity index (χ3v) is 7.83. The molecule has 0 unspecified atom stereocenters. The van der Waals surface area contributed by atoms with E-state index >= 15 is 0 Å². The van der Waals surface area contributed by atoms with Crippen LogP contribution in [0.2, 0.25) is 5.54 Å². The number of hydrogen-bond donors (Lipinski definition) is 1. The third kappa shape index (κ3) is 4.54. The number of hydrogen-bond acceptors (Lipinski definition) is 3. The lowest BCUT2D eigenvalue weighted by atomic mass is 10.0. The van der Waals surface area contributed by atoms with Gasteiger partial charge in [-0.15, -0.1) is 0 Å². The zero-order chi connectivity index (χ0) is 17.0. The number of aryl methyl sites for hydroxylation is 1. The van der Waals surface area contributed by atoms with E-state index in [0.29, 0.717) is 12.1 Å². The summed E-state index contributed by atoms with van der Waals surface area (Å²) in [5.74, 6) is -0.335. The molecule has 1 N–H and O–H groups in total. The number of methoxy groups -OCH3 is 1. The van der Waals surface area contributed by atoms with Gasteiger partial charge in [0, 0.05) is 19.6 Å². The molecular weight excluding hydrogens is 304 g/mol. The number of aliphatic hydroxyl groups excluding tert-OH is 1. The Morgan fingerprint density at radius 2 is 2.04 bits per heavy atom. The largest absolute Gasteiger partial charge is 0.396 e. The van der Waals surface area contributed by atoms with Gasteiger partial charge in [0.2, 0.25) is 0 Å². The van der Waals surface area contributed by atoms with Crippen molar-refractivity contribution in [3.63, 3.8) is 0 Å². The Labute approximate surface area is 142 Å². The summed E-state index contributed by atoms with van der Waals surface area (Å²) >= 11 is 0. The molecule has 0 heterocycles. The van der Waals surface area contributed by atoms with Crippen LogP contribution in [0.1, 0.15) is 31.4 Å². The molecule has 23 heavy (non-hydrogen) atoms. The predicted molar refractivity (Wildman–Crippen MR) is 98.2 cm³/mol. The average molecular weight is 335 g/mol. The Bertz CT molecular complexity index is 566. The molecule has 0 aromatic heterocycles. The van der Waals surface area contributed by atoms with Gasteiger partial charge in [-0.2, -0.15) is 0 Å². The Morgan fingerprint density at radius 1 is 1.30 bits per heavy atom. The topological polar surface area (TPSA) is 38.7 Å². The van der Waals surface area contributed by atoms with Crippen molar-refractivity contribution in [1.82, 2.24) is 0 Å². The summed E-state index contributed by atoms with van der Waals surface area (Å²) < 4.78 is 11.2. The summed E-state index contributed by atoms with van der Waals surface area (Å²) in [7, 11) is 1.22. The van der Waals surface area contributed by atoms with Gasteiger partial charge in [0.05, 0.1) is 16.1 Å². The van der Waals surface area contributed by atoms with E-state index in [2.05, 4.69) is 38.1 Å². The molecule has 0 saturated carbocycles. The van der Waals surface area contributed by atoms with E-state index in [1.807, 2.05) is 13.8 Å². The van der Waals surface area contributed by atoms with E-state index in [4.69, 9.17) is 9.47 Å². The molecule has 1 aliphatic carbocycles. The van der Waals surface area contributed by atoms with E-state index in [9.17, 15) is 5.11 Å². The maximum Gasteiger partial charge on any atom is 0.162 e. The van der Waals surface area contributed by atoms with Crippen LogP contribution >= 0.6 is 0 Å². The standard InChI is InChI=1S/C19H30O3Si/c1-13-7-6-8-17(14(13)2)23-18-10-9-15(16(18)11-20)12-22-19(3,4)21-5/h6-9,16,18,20H,10-12,23H2,1-5H3/t16-,18-/m0/s1. The highest BCUT2D eigenvalue weighted by Crippen LogP contribution is 2.36. The van der Waals surface area contributed by atoms with Crippen LogP contribution in [0, 0.1) is 19.8 Å². The van der Waals surface area contributed by atoms with Gasteiger partial charge < -0.3 is 14.6 Å². The van der Waals surface area contributed by atoms with Crippen molar-refractivity contribution in [2.75, 3.05) is 20.3 Å². The molecule has 2 rings (SSSR count). The molecule has 0 aliphatic heterocycles. The first-order valence-corrected chi connectivity index (χ1v) is 9.94. The first kappa shape index (κ1) is 18.4. The molecule has 2 atom stereocenters. The minimum Gasteiger partial charge on any atom is -0.396 e. The van der Waals surface area contributed by atoms with Crippen LogP contribution in [-0.2, 0) is 9.47 Å². The smallest absolute Gasteiger partial charge is 0.162 e. The number of ether oxygens (including phenoxy) is 2. The lowest BCUT2D eigenvalue weighted by Crippen LogP contribution is -2.30. The maximum absolute atomic E-state index is 9.89. The van der Waals surface area contributed by atoms with Gasteiger partial charge >= 0.3 is 0 Å². The summed E-state index contributed by atoms with van der Waals surface area (Å²) in [6.07, 6.45) is 3.34. The second kappa shape index (κ2) is 7.75. The second-order valence-corrected chi connectivity index (χ2v) is 9.24. The third-order valence-electron chi connectivity index (χ3n) is 5.20. The summed E-state index contributed by atoms with van der Waals surface area (Å²) in [4.78, 5) is 0. The Hall–Kier alpha value is -0.943. The summed E-state index contributed by atoms with van der Waals surface area (Å²) in [6.45, 7) is 8.99. The molecule has 0 radical (unpaired) electrons. The molecule has 0 amide bonds. The van der Waals surface area contributed by atoms with Crippen LogP contribution in [0.25, 0.3) is 0 Å². The first-order valence-electron chi connectivity index (χ1n) is 8.42. The fourth-order valence-electron chi connectivity index (χ4n) is 3.21. The highest BCUT2D eigenvalue weighted by molar-refractivity contribution is 6.56. The highest BCUT2D eigenvalue weighted by Gasteiger charge is 2.31. The minimum absolute atomic E-state index is 0.213. The lowest BCUT2D eigenvalue weighted by molar-refractivity contribution is -0.192. The van der Waals surface area contributed by atoms with E-state index in [0.717, 1.165) is 6.42 Å². The summed E-state index contributed by atoms with van der Waals surface area (Å²) in [6, 6.07) is 6.60. The minimum atomic E-state index is -0.580. The van der Waals surface area contributed by atoms with Gasteiger partial charge in [0.25, 0.3) is 0 Å². The van der Waals surface area contributed by atoms with Gasteiger partial charge in [-0.1, -0.05) is 29.5 Å². The molecule has 1 aromatic rings. The van der Waals surface area contributed by atoms with Crippen LogP contribution in [0.15, 0.2) is 29.8 Å². The zero-order valence-electron chi connectivity index (χ0n) is 15.1. The van der Waals surface area contributed by atoms with Crippen LogP contribution in [0.3, 0.4) is 0 Å². The van der Waals surface area contributed by atoms with Crippen molar-refractivity contribution in [1.29, 1.82) is 0 Å². The van der Waals surface area contributed by atoms with Crippen LogP contribution < -0.4 is 5.19 Å². The van der Waals surface area contributed by atoms with Crippen LogP contribution in [0.4, 0.5) is 0 Å². The molecule has 1 aromatic carbocycles. The zero-order valence-corrected chi connectivity index (χ0v) is 16.5. The predicted octanol–water partition coefficient (Wildman–Crippen LogP) is 2.22. The van der Waals surface area contributed by atoms with Crippen molar-refractivity contribution in [2.45, 2.75) is 45.4 Å². The Kier molecular flexibility index (Phi) is 6.20. The van der Waals surface area contributed by atoms with Crippen molar-refractivity contribution >= 4 is 14.7 Å². The molecule has 128 valence electrons. The first-order chi connectivity index (χ1) is 10.9. The molecule has 3 nitrogen and oxygen atoms in total. The Morgan fingerprint density at radius 3 is 2.70 bits per heavy atom. The molecule has 4 heteroatoms. The molecule has 0 bridgehead atoms. The summed E-state index contributed by atoms with van der Waals surface area (Å²) in [5, 5.41) is 11.4. The molecular formula is C19H30O3Si. The monoisotopic (exact) mass is 334 g/mol. The normalized spacial score (nSPS) is 22.1. The van der Waals surface area contributed by atoms with E-state index in [1.165, 1.54) is 21.9 Å². The molecule has 1 aliphatic rings. The number of allylic oxidation sites excluding steroid dienone is 1. The number of benzene rings is 1. The van der Waals surface area contributed by atoms with Gasteiger partial charge in [0.15, 0.2) is 5.79 Å². The molecule has 0 saturated heterocycles. The SMILES string of the molecule is COC(C)(C)OCC1=CC[C@H]([SiH2]c2cccc(C)c2C)[C@H]1CO. The second-order valence-electron chi connectivity index (χ2n) is 7.02. The van der Waals surface area contributed by atoms with E-state index in [-0.39, 0.29) is 12.5 Å². The Balaban J connectivity index is 2.02. The van der Waals surface area contributed by atoms with Crippen molar-refractivity contribution in [2.24, 2.45) is 5.92 Å². The number of aliphatic hydroxyl groups is 1. The fraction of sp³-hybridized carbons (Fsp3) is 0.579. The quantitative estimate of drug-likeness (QED) is 0.472. The lowest BCUT2D eigenvalue weighted by Gasteiger charge is -2.26. The maximum atomic E-state index is 9.89. The van der Waals surface area contributed by atoms with Crippen molar-refractivity contribution in [3.8, 4) is 0 Å². The van der Waals surface area contributed by atoms with Crippen molar-refractivity contribution < 1.29 is 14.6 Å². The average Bonchev–Trinajstić information content (AvgIpc) is 2.92. The van der Waals surface area contributed by atoms with Gasteiger partial charge in [-0.25, -0.2) is 0 Å². The molecule has 0 fully saturated rings. The highest BCUT2D eigenvalue weighted by atomic mass is 28.2. The summed E-state index contributed by atoms with van der Waals surface area (Å²) in [5.41, 5.74) is 4.62. The van der Waals surface area contributed by atoms with E-state index in [1.54, 1.807) is 7.11 Å². The fourth-order valence-corrected chi connectivity index (χ4v) is 5.70. The molecule has 0 spiro atoms. The van der Waals surface area contributed by atoms with Crippen LogP contribution in [0.5, 0.6) is 0 Å². The van der Waals surface area contributed by atoms with Gasteiger partial charge in [-0.3, -0.25) is 0 Å². The van der Waals surface area contributed by atoms with Gasteiger partial charge in [0.1, 0.15) is 0 Å². The van der Waals surface area contributed by atoms with Crippen LogP contribution in [-0.4, -0.2) is 40.7 Å². The van der Waals surface area contributed by atoms with E-state index < -0.39 is 15.3 Å². The van der Waals surface area contributed by atoms with Crippen molar-refractivity contribution in [3.05, 3.63) is 41.0 Å². The van der Waals surface area contributed by atoms with Gasteiger partial charge in [-0.05, 0) is 56.4 Å². The number of rotatable bonds is 7.